The Morgan fingerprint density at radius 2 is 1.43 bits per heavy atom. The van der Waals surface area contributed by atoms with Crippen molar-refractivity contribution in [2.45, 2.75) is 89.1 Å². The lowest BCUT2D eigenvalue weighted by Gasteiger charge is -2.37. The fourth-order valence-electron chi connectivity index (χ4n) is 9.06. The number of Topliss-reactive ketones (excluding diaryl/α,β-unsaturated/α-hetero) is 2. The number of alkyl carbamates (subject to hydrolysis) is 1. The summed E-state index contributed by atoms with van der Waals surface area (Å²) in [5.41, 5.74) is 13.8. The number of nitrogens with one attached hydrogen (secondary N) is 3. The third kappa shape index (κ3) is 10.7. The van der Waals surface area contributed by atoms with E-state index < -0.39 is 82.8 Å². The third-order valence-electron chi connectivity index (χ3n) is 12.1. The van der Waals surface area contributed by atoms with Gasteiger partial charge in [-0.25, -0.2) is 4.79 Å². The molecule has 13 nitrogen and oxygen atoms in total. The number of hydrogen-bond acceptors (Lipinski definition) is 10. The van der Waals surface area contributed by atoms with Crippen LogP contribution in [0.15, 0.2) is 134 Å². The van der Waals surface area contributed by atoms with Gasteiger partial charge in [0.1, 0.15) is 23.7 Å². The van der Waals surface area contributed by atoms with Gasteiger partial charge in [-0.15, -0.1) is 0 Å². The van der Waals surface area contributed by atoms with E-state index in [0.29, 0.717) is 11.1 Å². The lowest BCUT2D eigenvalue weighted by Crippen LogP contribution is -2.59. The summed E-state index contributed by atoms with van der Waals surface area (Å²) in [5.74, 6) is -5.99. The Bertz CT molecular complexity index is 2690. The number of carbonyl (C=O) groups is 6. The van der Waals surface area contributed by atoms with Gasteiger partial charge in [0.05, 0.1) is 18.5 Å². The average Bonchev–Trinajstić information content (AvgIpc) is 3.90. The fourth-order valence-corrected chi connectivity index (χ4v) is 9.06. The first-order valence-electron chi connectivity index (χ1n) is 21.8. The molecule has 6 aromatic rings. The first-order valence-corrected chi connectivity index (χ1v) is 21.8. The number of benzene rings is 5. The number of H-pyrrole nitrogens is 1. The molecule has 0 saturated heterocycles. The lowest BCUT2D eigenvalue weighted by atomic mass is 9.65. The Kier molecular flexibility index (Phi) is 14.0. The van der Waals surface area contributed by atoms with Crippen LogP contribution in [0.1, 0.15) is 68.2 Å². The predicted octanol–water partition coefficient (Wildman–Crippen LogP) is 6.75. The van der Waals surface area contributed by atoms with Gasteiger partial charge in [0.15, 0.2) is 11.6 Å². The number of fused-ring (bicyclic) bond motifs is 2. The molecule has 1 aliphatic carbocycles. The smallest absolute Gasteiger partial charge is 0.408 e. The molecule has 0 spiro atoms. The van der Waals surface area contributed by atoms with Crippen LogP contribution in [0, 0.1) is 11.3 Å². The van der Waals surface area contributed by atoms with E-state index in [0.717, 1.165) is 32.8 Å². The summed E-state index contributed by atoms with van der Waals surface area (Å²) in [6.07, 6.45) is 0.215. The molecule has 0 bridgehead atoms. The summed E-state index contributed by atoms with van der Waals surface area (Å²) in [5, 5.41) is 7.89. The van der Waals surface area contributed by atoms with E-state index in [-0.39, 0.29) is 32.3 Å². The number of ketones is 2. The summed E-state index contributed by atoms with van der Waals surface area (Å²) < 4.78 is 11.0. The van der Waals surface area contributed by atoms with Gasteiger partial charge in [0.25, 0.3) is 0 Å². The highest BCUT2D eigenvalue weighted by Gasteiger charge is 2.61. The van der Waals surface area contributed by atoms with Crippen molar-refractivity contribution >= 4 is 57.1 Å². The predicted molar refractivity (Wildman–Crippen MR) is 247 cm³/mol. The number of ether oxygens (including phenoxy) is 2. The Balaban J connectivity index is 1.23. The number of aromatic nitrogens is 1. The highest BCUT2D eigenvalue weighted by molar-refractivity contribution is 6.15. The minimum Gasteiger partial charge on any atom is -0.461 e. The highest BCUT2D eigenvalue weighted by Crippen LogP contribution is 2.55. The molecule has 1 saturated carbocycles. The molecule has 0 radical (unpaired) electrons. The highest BCUT2D eigenvalue weighted by atomic mass is 16.6. The Labute approximate surface area is 377 Å². The van der Waals surface area contributed by atoms with Gasteiger partial charge in [-0.1, -0.05) is 121 Å². The van der Waals surface area contributed by atoms with Crippen LogP contribution in [0.2, 0.25) is 0 Å². The maximum atomic E-state index is 15.4. The summed E-state index contributed by atoms with van der Waals surface area (Å²) in [6.45, 7) is 5.04. The van der Waals surface area contributed by atoms with Crippen LogP contribution in [0.25, 0.3) is 21.7 Å². The van der Waals surface area contributed by atoms with E-state index in [1.165, 1.54) is 0 Å². The number of imide groups is 1. The van der Waals surface area contributed by atoms with E-state index in [2.05, 4.69) is 15.6 Å². The topological polar surface area (TPSA) is 213 Å². The summed E-state index contributed by atoms with van der Waals surface area (Å²) >= 11 is 0. The average molecular weight is 878 g/mol. The van der Waals surface area contributed by atoms with Crippen LogP contribution >= 0.6 is 0 Å². The second kappa shape index (κ2) is 19.8. The number of rotatable bonds is 16. The lowest BCUT2D eigenvalue weighted by molar-refractivity contribution is -0.149. The normalized spacial score (nSPS) is 18.6. The molecule has 7 N–H and O–H groups in total. The van der Waals surface area contributed by atoms with Gasteiger partial charge < -0.3 is 31.2 Å². The molecule has 1 aliphatic rings. The van der Waals surface area contributed by atoms with Gasteiger partial charge in [0, 0.05) is 35.4 Å². The van der Waals surface area contributed by atoms with E-state index in [1.54, 1.807) is 69.4 Å². The van der Waals surface area contributed by atoms with Crippen molar-refractivity contribution in [1.29, 1.82) is 0 Å². The zero-order chi connectivity index (χ0) is 46.3. The van der Waals surface area contributed by atoms with Gasteiger partial charge in [-0.2, -0.15) is 0 Å². The maximum Gasteiger partial charge on any atom is 0.408 e. The number of para-hydroxylation sites is 1. The van der Waals surface area contributed by atoms with E-state index in [9.17, 15) is 19.2 Å². The number of esters is 1. The van der Waals surface area contributed by atoms with Crippen molar-refractivity contribution in [2.75, 3.05) is 0 Å². The number of carbonyl (C=O) groups excluding carboxylic acids is 6. The number of nitrogens with two attached hydrogens (primary N) is 2. The first-order chi connectivity index (χ1) is 31.1. The fraction of sp³-hybridized carbons (Fsp3) is 0.308. The number of hydrogen-bond donors (Lipinski definition) is 5. The zero-order valence-corrected chi connectivity index (χ0v) is 36.8. The van der Waals surface area contributed by atoms with Crippen molar-refractivity contribution in [3.05, 3.63) is 156 Å². The van der Waals surface area contributed by atoms with E-state index in [4.69, 9.17) is 20.9 Å². The van der Waals surface area contributed by atoms with Gasteiger partial charge in [0.2, 0.25) is 11.8 Å². The molecular weight excluding hydrogens is 823 g/mol. The van der Waals surface area contributed by atoms with Crippen LogP contribution in [-0.4, -0.2) is 64.2 Å². The SMILES string of the molecule is CC(C)(C)OC(=O)N[C@@H](Cc1c[nH]c2ccccc12)C(=O)NC(=O)[C@]1(C(=O)[C@@H](N)Cc2ccc3ccccc3c2)CCC(C(=O)[C@@H](N)CC(=O)OCc2ccccc2)[C@H]1c1ccccc1. The zero-order valence-electron chi connectivity index (χ0n) is 36.8. The molecule has 1 heterocycles. The molecule has 1 aromatic heterocycles. The molecule has 3 amide bonds. The van der Waals surface area contributed by atoms with Crippen LogP contribution in [0.5, 0.6) is 0 Å². The molecule has 1 unspecified atom stereocenters. The van der Waals surface area contributed by atoms with Crippen LogP contribution in [0.4, 0.5) is 4.79 Å². The van der Waals surface area contributed by atoms with Crippen molar-refractivity contribution in [3.63, 3.8) is 0 Å². The minimum atomic E-state index is -2.08. The minimum absolute atomic E-state index is 0.0100. The molecule has 7 rings (SSSR count). The molecule has 5 aromatic carbocycles. The summed E-state index contributed by atoms with van der Waals surface area (Å²) in [7, 11) is 0. The Hall–Kier alpha value is -6.96. The van der Waals surface area contributed by atoms with Crippen molar-refractivity contribution < 1.29 is 38.2 Å². The Morgan fingerprint density at radius 3 is 2.15 bits per heavy atom. The second-order valence-electron chi connectivity index (χ2n) is 17.8. The third-order valence-corrected chi connectivity index (χ3v) is 12.1. The van der Waals surface area contributed by atoms with Gasteiger partial charge >= 0.3 is 12.1 Å². The molecule has 65 heavy (non-hydrogen) atoms. The van der Waals surface area contributed by atoms with Crippen molar-refractivity contribution in [2.24, 2.45) is 22.8 Å². The molecule has 13 heteroatoms. The molecule has 336 valence electrons. The number of aromatic amines is 1. The van der Waals surface area contributed by atoms with Crippen molar-refractivity contribution in [1.82, 2.24) is 15.6 Å². The molecular formula is C52H55N5O8. The van der Waals surface area contributed by atoms with Crippen LogP contribution < -0.4 is 22.1 Å². The quantitative estimate of drug-likeness (QED) is 0.0510. The number of amides is 3. The monoisotopic (exact) mass is 877 g/mol. The van der Waals surface area contributed by atoms with Crippen molar-refractivity contribution in [3.8, 4) is 0 Å². The largest absolute Gasteiger partial charge is 0.461 e. The van der Waals surface area contributed by atoms with E-state index in [1.807, 2.05) is 84.9 Å². The van der Waals surface area contributed by atoms with Gasteiger partial charge in [-0.3, -0.25) is 29.3 Å². The standard InChI is InChI=1S/C52H55N5O8/c1-51(2,3)65-50(63)56-43(28-37-30-55-42-21-13-12-20-38(37)42)48(61)57-49(62)52(47(60)41(54)27-33-22-23-34-16-10-11-19-36(34)26-33)25-24-39(45(52)35-17-8-5-9-18-35)46(59)40(53)29-44(58)64-31-32-14-6-4-7-15-32/h4-23,26,30,39-41,43,45,55H,24-25,27-29,31,53-54H2,1-3H3,(H,56,63)(H,57,61,62)/t39?,40-,41-,43-,45+,52+/m0/s1. The van der Waals surface area contributed by atoms with Crippen LogP contribution in [0.3, 0.4) is 0 Å². The van der Waals surface area contributed by atoms with Gasteiger partial charge in [-0.05, 0) is 79.1 Å². The molecule has 1 fully saturated rings. The maximum absolute atomic E-state index is 15.4. The Morgan fingerprint density at radius 1 is 0.769 bits per heavy atom. The summed E-state index contributed by atoms with van der Waals surface area (Å²) in [6, 6.07) is 34.7. The second-order valence-corrected chi connectivity index (χ2v) is 17.8. The molecule has 0 aliphatic heterocycles. The first kappa shape index (κ1) is 46.0. The summed E-state index contributed by atoms with van der Waals surface area (Å²) in [4.78, 5) is 89.3. The molecule has 6 atom stereocenters. The van der Waals surface area contributed by atoms with E-state index >= 15 is 9.59 Å². The van der Waals surface area contributed by atoms with Crippen LogP contribution in [-0.2, 0) is 52.9 Å².